The van der Waals surface area contributed by atoms with Gasteiger partial charge in [0.2, 0.25) is 0 Å². The van der Waals surface area contributed by atoms with Crippen LogP contribution in [0.4, 0.5) is 0 Å². The summed E-state index contributed by atoms with van der Waals surface area (Å²) in [6.45, 7) is 0. The summed E-state index contributed by atoms with van der Waals surface area (Å²) in [5, 5.41) is 11.5. The van der Waals surface area contributed by atoms with Gasteiger partial charge in [-0.05, 0) is 40.8 Å². The molecule has 0 saturated heterocycles. The van der Waals surface area contributed by atoms with E-state index in [1.807, 2.05) is 0 Å². The van der Waals surface area contributed by atoms with Gasteiger partial charge in [0, 0.05) is 6.07 Å². The van der Waals surface area contributed by atoms with Gasteiger partial charge in [0.05, 0.1) is 21.3 Å². The van der Waals surface area contributed by atoms with Crippen molar-refractivity contribution in [3.05, 3.63) is 64.4 Å². The third-order valence-corrected chi connectivity index (χ3v) is 3.54. The van der Waals surface area contributed by atoms with Crippen molar-refractivity contribution in [3.8, 4) is 11.4 Å². The zero-order chi connectivity index (χ0) is 15.5. The van der Waals surface area contributed by atoms with Crippen LogP contribution < -0.4 is 4.74 Å². The molecule has 1 heterocycles. The SMILES string of the molecule is O=C(Oc1cccc(-n2cnnn2)c1)c1ccc(Cl)c(Cl)c1. The van der Waals surface area contributed by atoms with Gasteiger partial charge in [-0.2, -0.15) is 0 Å². The van der Waals surface area contributed by atoms with Crippen LogP contribution in [0.3, 0.4) is 0 Å². The molecule has 3 rings (SSSR count). The van der Waals surface area contributed by atoms with Crippen LogP contribution in [0.5, 0.6) is 5.75 Å². The molecule has 6 nitrogen and oxygen atoms in total. The number of hydrogen-bond acceptors (Lipinski definition) is 5. The summed E-state index contributed by atoms with van der Waals surface area (Å²) in [5.41, 5.74) is 0.978. The van der Waals surface area contributed by atoms with Gasteiger partial charge in [0.15, 0.2) is 0 Å². The van der Waals surface area contributed by atoms with Crippen LogP contribution in [-0.4, -0.2) is 26.2 Å². The Morgan fingerprint density at radius 1 is 1.09 bits per heavy atom. The van der Waals surface area contributed by atoms with E-state index in [1.54, 1.807) is 30.3 Å². The summed E-state index contributed by atoms with van der Waals surface area (Å²) >= 11 is 11.7. The first kappa shape index (κ1) is 14.5. The molecule has 0 aliphatic carbocycles. The van der Waals surface area contributed by atoms with Crippen LogP contribution in [0.25, 0.3) is 5.69 Å². The number of nitrogens with zero attached hydrogens (tertiary/aromatic N) is 4. The topological polar surface area (TPSA) is 69.9 Å². The van der Waals surface area contributed by atoms with E-state index >= 15 is 0 Å². The van der Waals surface area contributed by atoms with Gasteiger partial charge in [0.25, 0.3) is 0 Å². The Labute approximate surface area is 135 Å². The molecule has 22 heavy (non-hydrogen) atoms. The fraction of sp³-hybridized carbons (Fsp3) is 0. The molecule has 0 saturated carbocycles. The number of carbonyl (C=O) groups excluding carboxylic acids is 1. The Bertz CT molecular complexity index is 821. The first-order valence-corrected chi connectivity index (χ1v) is 6.90. The van der Waals surface area contributed by atoms with Gasteiger partial charge in [-0.25, -0.2) is 9.48 Å². The summed E-state index contributed by atoms with van der Waals surface area (Å²) in [6, 6.07) is 11.4. The van der Waals surface area contributed by atoms with Crippen LogP contribution >= 0.6 is 23.2 Å². The molecule has 0 N–H and O–H groups in total. The fourth-order valence-corrected chi connectivity index (χ4v) is 2.06. The van der Waals surface area contributed by atoms with Crippen molar-refractivity contribution >= 4 is 29.2 Å². The highest BCUT2D eigenvalue weighted by atomic mass is 35.5. The first-order valence-electron chi connectivity index (χ1n) is 6.14. The monoisotopic (exact) mass is 334 g/mol. The molecule has 0 spiro atoms. The highest BCUT2D eigenvalue weighted by molar-refractivity contribution is 6.42. The standard InChI is InChI=1S/C14H8Cl2N4O2/c15-12-5-4-9(6-13(12)16)14(21)22-11-3-1-2-10(7-11)20-8-17-18-19-20/h1-8H. The van der Waals surface area contributed by atoms with E-state index < -0.39 is 5.97 Å². The number of hydrogen-bond donors (Lipinski definition) is 0. The largest absolute Gasteiger partial charge is 0.423 e. The van der Waals surface area contributed by atoms with Gasteiger partial charge in [-0.3, -0.25) is 0 Å². The molecule has 0 unspecified atom stereocenters. The summed E-state index contributed by atoms with van der Waals surface area (Å²) < 4.78 is 6.77. The Balaban J connectivity index is 1.82. The number of benzene rings is 2. The fourth-order valence-electron chi connectivity index (χ4n) is 1.76. The van der Waals surface area contributed by atoms with Crippen LogP contribution in [0, 0.1) is 0 Å². The van der Waals surface area contributed by atoms with Crippen molar-refractivity contribution in [1.29, 1.82) is 0 Å². The van der Waals surface area contributed by atoms with E-state index in [0.717, 1.165) is 0 Å². The number of carbonyl (C=O) groups is 1. The minimum Gasteiger partial charge on any atom is -0.423 e. The second-order valence-corrected chi connectivity index (χ2v) is 5.08. The lowest BCUT2D eigenvalue weighted by atomic mass is 10.2. The lowest BCUT2D eigenvalue weighted by molar-refractivity contribution is 0.0735. The molecular weight excluding hydrogens is 327 g/mol. The van der Waals surface area contributed by atoms with E-state index in [1.165, 1.54) is 23.1 Å². The summed E-state index contributed by atoms with van der Waals surface area (Å²) in [4.78, 5) is 12.1. The average Bonchev–Trinajstić information content (AvgIpc) is 3.04. The van der Waals surface area contributed by atoms with E-state index in [9.17, 15) is 4.79 Å². The van der Waals surface area contributed by atoms with Crippen molar-refractivity contribution < 1.29 is 9.53 Å². The maximum absolute atomic E-state index is 12.1. The highest BCUT2D eigenvalue weighted by Crippen LogP contribution is 2.24. The van der Waals surface area contributed by atoms with E-state index in [-0.39, 0.29) is 0 Å². The number of halogens is 2. The number of rotatable bonds is 3. The zero-order valence-corrected chi connectivity index (χ0v) is 12.5. The second-order valence-electron chi connectivity index (χ2n) is 4.27. The third kappa shape index (κ3) is 3.08. The molecule has 3 aromatic rings. The van der Waals surface area contributed by atoms with Gasteiger partial charge >= 0.3 is 5.97 Å². The molecule has 0 atom stereocenters. The third-order valence-electron chi connectivity index (χ3n) is 2.80. The minimum absolute atomic E-state index is 0.290. The van der Waals surface area contributed by atoms with E-state index in [4.69, 9.17) is 27.9 Å². The Kier molecular flexibility index (Phi) is 4.04. The Morgan fingerprint density at radius 3 is 2.68 bits per heavy atom. The number of ether oxygens (including phenoxy) is 1. The quantitative estimate of drug-likeness (QED) is 0.543. The van der Waals surface area contributed by atoms with E-state index in [0.29, 0.717) is 27.0 Å². The minimum atomic E-state index is -0.535. The Morgan fingerprint density at radius 2 is 1.95 bits per heavy atom. The predicted octanol–water partition coefficient (Wildman–Crippen LogP) is 3.19. The molecule has 0 aliphatic rings. The maximum atomic E-state index is 12.1. The van der Waals surface area contributed by atoms with Crippen LogP contribution in [0.1, 0.15) is 10.4 Å². The summed E-state index contributed by atoms with van der Waals surface area (Å²) in [5.74, 6) is -0.170. The van der Waals surface area contributed by atoms with Crippen molar-refractivity contribution in [1.82, 2.24) is 20.2 Å². The molecule has 8 heteroatoms. The molecule has 0 bridgehead atoms. The lowest BCUT2D eigenvalue weighted by Gasteiger charge is -2.07. The van der Waals surface area contributed by atoms with Crippen LogP contribution in [-0.2, 0) is 0 Å². The van der Waals surface area contributed by atoms with Gasteiger partial charge < -0.3 is 4.74 Å². The summed E-state index contributed by atoms with van der Waals surface area (Å²) in [6.07, 6.45) is 1.44. The molecule has 0 aliphatic heterocycles. The number of esters is 1. The predicted molar refractivity (Wildman–Crippen MR) is 80.6 cm³/mol. The van der Waals surface area contributed by atoms with Gasteiger partial charge in [-0.15, -0.1) is 5.10 Å². The van der Waals surface area contributed by atoms with Crippen molar-refractivity contribution in [2.45, 2.75) is 0 Å². The molecular formula is C14H8Cl2N4O2. The zero-order valence-electron chi connectivity index (χ0n) is 11.0. The summed E-state index contributed by atoms with van der Waals surface area (Å²) in [7, 11) is 0. The smallest absolute Gasteiger partial charge is 0.343 e. The molecule has 0 fully saturated rings. The van der Waals surface area contributed by atoms with Crippen molar-refractivity contribution in [2.75, 3.05) is 0 Å². The second kappa shape index (κ2) is 6.13. The Hall–Kier alpha value is -2.44. The highest BCUT2D eigenvalue weighted by Gasteiger charge is 2.11. The maximum Gasteiger partial charge on any atom is 0.343 e. The van der Waals surface area contributed by atoms with Gasteiger partial charge in [0.1, 0.15) is 12.1 Å². The molecule has 110 valence electrons. The molecule has 1 aromatic heterocycles. The van der Waals surface area contributed by atoms with Crippen molar-refractivity contribution in [2.24, 2.45) is 0 Å². The van der Waals surface area contributed by atoms with Crippen LogP contribution in [0.2, 0.25) is 10.0 Å². The molecule has 2 aromatic carbocycles. The normalized spacial score (nSPS) is 10.5. The first-order chi connectivity index (χ1) is 10.6. The number of aromatic nitrogens is 4. The average molecular weight is 335 g/mol. The van der Waals surface area contributed by atoms with E-state index in [2.05, 4.69) is 15.5 Å². The van der Waals surface area contributed by atoms with Crippen LogP contribution in [0.15, 0.2) is 48.8 Å². The van der Waals surface area contributed by atoms with Gasteiger partial charge in [-0.1, -0.05) is 29.3 Å². The molecule has 0 amide bonds. The van der Waals surface area contributed by atoms with Crippen molar-refractivity contribution in [3.63, 3.8) is 0 Å². The number of tetrazole rings is 1. The lowest BCUT2D eigenvalue weighted by Crippen LogP contribution is -2.08. The molecule has 0 radical (unpaired) electrons.